The fourth-order valence-electron chi connectivity index (χ4n) is 3.46. The summed E-state index contributed by atoms with van der Waals surface area (Å²) in [4.78, 5) is 14.5. The average molecular weight is 449 g/mol. The number of anilines is 1. The molecule has 0 aliphatic rings. The minimum atomic E-state index is -1.59. The highest BCUT2D eigenvalue weighted by Crippen LogP contribution is 2.21. The second kappa shape index (κ2) is 13.1. The first kappa shape index (κ1) is 25.8. The van der Waals surface area contributed by atoms with E-state index in [1.165, 1.54) is 5.56 Å². The normalized spacial score (nSPS) is 11.1. The predicted molar refractivity (Wildman–Crippen MR) is 124 cm³/mol. The number of benzene rings is 2. The molecule has 0 aromatic heterocycles. The van der Waals surface area contributed by atoms with E-state index in [0.717, 1.165) is 62.6 Å². The van der Waals surface area contributed by atoms with Crippen LogP contribution in [0.15, 0.2) is 36.4 Å². The number of aryl methyl sites for hydroxylation is 1. The number of hydrogen-bond acceptors (Lipinski definition) is 1. The maximum Gasteiger partial charge on any atom is 0.322 e. The molecule has 32 heavy (non-hydrogen) atoms. The Hall–Kier alpha value is -2.50. The van der Waals surface area contributed by atoms with E-state index in [9.17, 15) is 18.0 Å². The molecule has 0 radical (unpaired) electrons. The van der Waals surface area contributed by atoms with Crippen molar-refractivity contribution >= 4 is 11.7 Å². The van der Waals surface area contributed by atoms with Crippen LogP contribution in [-0.2, 0) is 13.0 Å². The van der Waals surface area contributed by atoms with Crippen LogP contribution < -0.4 is 5.32 Å². The van der Waals surface area contributed by atoms with E-state index >= 15 is 0 Å². The zero-order valence-corrected chi connectivity index (χ0v) is 19.4. The molecule has 0 atom stereocenters. The fraction of sp³-hybridized carbons (Fsp3) is 0.500. The maximum absolute atomic E-state index is 14.0. The van der Waals surface area contributed by atoms with E-state index < -0.39 is 23.5 Å². The lowest BCUT2D eigenvalue weighted by Crippen LogP contribution is -2.35. The molecule has 0 aliphatic heterocycles. The molecular weight excluding hydrogens is 413 g/mol. The van der Waals surface area contributed by atoms with Gasteiger partial charge in [0.05, 0.1) is 5.69 Å². The molecule has 2 rings (SSSR count). The van der Waals surface area contributed by atoms with Crippen molar-refractivity contribution in [2.24, 2.45) is 5.92 Å². The largest absolute Gasteiger partial charge is 0.322 e. The van der Waals surface area contributed by atoms with Gasteiger partial charge in [0, 0.05) is 13.1 Å². The fourth-order valence-corrected chi connectivity index (χ4v) is 3.46. The summed E-state index contributed by atoms with van der Waals surface area (Å²) in [5.41, 5.74) is 1.85. The Morgan fingerprint density at radius 3 is 2.22 bits per heavy atom. The number of unbranched alkanes of at least 4 members (excludes halogenated alkanes) is 4. The molecule has 0 bridgehead atoms. The summed E-state index contributed by atoms with van der Waals surface area (Å²) >= 11 is 0. The van der Waals surface area contributed by atoms with Crippen molar-refractivity contribution in [1.29, 1.82) is 0 Å². The van der Waals surface area contributed by atoms with Crippen LogP contribution >= 0.6 is 0 Å². The van der Waals surface area contributed by atoms with Gasteiger partial charge in [-0.2, -0.15) is 0 Å². The van der Waals surface area contributed by atoms with Crippen LogP contribution in [0, 0.1) is 23.4 Å². The summed E-state index contributed by atoms with van der Waals surface area (Å²) in [5.74, 6) is -3.63. The highest BCUT2D eigenvalue weighted by Gasteiger charge is 2.19. The van der Waals surface area contributed by atoms with Gasteiger partial charge < -0.3 is 10.2 Å². The zero-order valence-electron chi connectivity index (χ0n) is 19.4. The van der Waals surface area contributed by atoms with Gasteiger partial charge >= 0.3 is 6.03 Å². The van der Waals surface area contributed by atoms with E-state index in [1.807, 2.05) is 12.1 Å². The number of nitrogens with zero attached hydrogens (tertiary/aromatic N) is 1. The average Bonchev–Trinajstić information content (AvgIpc) is 2.77. The lowest BCUT2D eigenvalue weighted by Gasteiger charge is -2.24. The minimum Gasteiger partial charge on any atom is -0.320 e. The first-order valence-corrected chi connectivity index (χ1v) is 11.6. The van der Waals surface area contributed by atoms with Crippen LogP contribution in [0.25, 0.3) is 0 Å². The summed E-state index contributed by atoms with van der Waals surface area (Å²) < 4.78 is 40.8. The van der Waals surface area contributed by atoms with Gasteiger partial charge in [-0.05, 0) is 48.4 Å². The van der Waals surface area contributed by atoms with Crippen LogP contribution in [-0.4, -0.2) is 17.5 Å². The number of amides is 2. The number of halogens is 3. The Kier molecular flexibility index (Phi) is 10.6. The summed E-state index contributed by atoms with van der Waals surface area (Å²) in [6, 6.07) is 9.47. The lowest BCUT2D eigenvalue weighted by atomic mass is 10.0. The molecule has 3 nitrogen and oxygen atoms in total. The second-order valence-electron chi connectivity index (χ2n) is 8.74. The SMILES string of the molecule is CCCCCCCN(Cc1ccc(CCC(C)C)cc1)C(=O)Nc1ccc(F)c(F)c1F. The zero-order chi connectivity index (χ0) is 23.5. The Bertz CT molecular complexity index is 853. The predicted octanol–water partition coefficient (Wildman–Crippen LogP) is 7.70. The number of nitrogens with one attached hydrogen (secondary N) is 1. The van der Waals surface area contributed by atoms with E-state index in [4.69, 9.17) is 0 Å². The highest BCUT2D eigenvalue weighted by atomic mass is 19.2. The Morgan fingerprint density at radius 1 is 0.906 bits per heavy atom. The molecule has 0 saturated carbocycles. The van der Waals surface area contributed by atoms with Crippen molar-refractivity contribution in [3.63, 3.8) is 0 Å². The minimum absolute atomic E-state index is 0.357. The van der Waals surface area contributed by atoms with Crippen LogP contribution in [0.3, 0.4) is 0 Å². The molecule has 0 spiro atoms. The van der Waals surface area contributed by atoms with Gasteiger partial charge in [-0.25, -0.2) is 18.0 Å². The first-order chi connectivity index (χ1) is 15.3. The van der Waals surface area contributed by atoms with Crippen LogP contribution in [0.5, 0.6) is 0 Å². The standard InChI is InChI=1S/C26H35F3N2O/c1-4-5-6-7-8-17-31(18-21-13-11-20(12-14-21)10-9-19(2)3)26(32)30-23-16-15-22(27)24(28)25(23)29/h11-16,19H,4-10,17-18H2,1-3H3,(H,30,32). The molecule has 2 aromatic carbocycles. The molecule has 0 unspecified atom stereocenters. The van der Waals surface area contributed by atoms with Crippen molar-refractivity contribution in [2.45, 2.75) is 72.3 Å². The molecule has 2 amide bonds. The molecule has 0 heterocycles. The molecule has 6 heteroatoms. The highest BCUT2D eigenvalue weighted by molar-refractivity contribution is 5.89. The molecule has 0 fully saturated rings. The van der Waals surface area contributed by atoms with E-state index in [2.05, 4.69) is 38.2 Å². The van der Waals surface area contributed by atoms with Crippen molar-refractivity contribution < 1.29 is 18.0 Å². The van der Waals surface area contributed by atoms with Crippen molar-refractivity contribution in [1.82, 2.24) is 4.90 Å². The van der Waals surface area contributed by atoms with Crippen molar-refractivity contribution in [3.8, 4) is 0 Å². The van der Waals surface area contributed by atoms with Crippen molar-refractivity contribution in [2.75, 3.05) is 11.9 Å². The number of rotatable bonds is 12. The molecule has 176 valence electrons. The van der Waals surface area contributed by atoms with Crippen LogP contribution in [0.4, 0.5) is 23.7 Å². The summed E-state index contributed by atoms with van der Waals surface area (Å²) in [6.07, 6.45) is 7.30. The van der Waals surface area contributed by atoms with Gasteiger partial charge in [0.15, 0.2) is 17.5 Å². The monoisotopic (exact) mass is 448 g/mol. The maximum atomic E-state index is 14.0. The van der Waals surface area contributed by atoms with Gasteiger partial charge in [-0.15, -0.1) is 0 Å². The topological polar surface area (TPSA) is 32.3 Å². The summed E-state index contributed by atoms with van der Waals surface area (Å²) in [5, 5.41) is 2.40. The quantitative estimate of drug-likeness (QED) is 0.262. The summed E-state index contributed by atoms with van der Waals surface area (Å²) in [7, 11) is 0. The number of carbonyl (C=O) groups excluding carboxylic acids is 1. The van der Waals surface area contributed by atoms with E-state index in [-0.39, 0.29) is 5.69 Å². The molecule has 2 aromatic rings. The van der Waals surface area contributed by atoms with Crippen molar-refractivity contribution in [3.05, 3.63) is 65.0 Å². The van der Waals surface area contributed by atoms with Gasteiger partial charge in [0.25, 0.3) is 0 Å². The lowest BCUT2D eigenvalue weighted by molar-refractivity contribution is 0.207. The second-order valence-corrected chi connectivity index (χ2v) is 8.74. The Balaban J connectivity index is 2.07. The van der Waals surface area contributed by atoms with Gasteiger partial charge in [-0.3, -0.25) is 0 Å². The number of carbonyl (C=O) groups is 1. The third-order valence-corrected chi connectivity index (χ3v) is 5.50. The summed E-state index contributed by atoms with van der Waals surface area (Å²) in [6.45, 7) is 7.38. The third kappa shape index (κ3) is 8.21. The van der Waals surface area contributed by atoms with Gasteiger partial charge in [0.1, 0.15) is 0 Å². The smallest absolute Gasteiger partial charge is 0.320 e. The van der Waals surface area contributed by atoms with E-state index in [0.29, 0.717) is 19.0 Å². The molecular formula is C26H35F3N2O. The van der Waals surface area contributed by atoms with E-state index in [1.54, 1.807) is 4.90 Å². The first-order valence-electron chi connectivity index (χ1n) is 11.6. The number of urea groups is 1. The molecule has 1 N–H and O–H groups in total. The van der Waals surface area contributed by atoms with Gasteiger partial charge in [0.2, 0.25) is 0 Å². The number of hydrogen-bond donors (Lipinski definition) is 1. The van der Waals surface area contributed by atoms with Crippen LogP contribution in [0.2, 0.25) is 0 Å². The molecule has 0 aliphatic carbocycles. The Labute approximate surface area is 190 Å². The van der Waals surface area contributed by atoms with Gasteiger partial charge in [-0.1, -0.05) is 70.7 Å². The van der Waals surface area contributed by atoms with Crippen LogP contribution in [0.1, 0.15) is 70.4 Å². The molecule has 0 saturated heterocycles. The Morgan fingerprint density at radius 2 is 1.56 bits per heavy atom. The third-order valence-electron chi connectivity index (χ3n) is 5.50.